The van der Waals surface area contributed by atoms with Gasteiger partial charge >= 0.3 is 0 Å². The minimum Gasteiger partial charge on any atom is -0.244 e. The number of allylic oxidation sites excluding steroid dienone is 2. The Balaban J connectivity index is 2.69. The third-order valence-corrected chi connectivity index (χ3v) is 2.23. The van der Waals surface area contributed by atoms with Gasteiger partial charge in [0.1, 0.15) is 6.33 Å². The molecule has 3 rings (SSSR count). The van der Waals surface area contributed by atoms with E-state index in [0.717, 1.165) is 11.8 Å². The first-order valence-corrected chi connectivity index (χ1v) is 3.65. The van der Waals surface area contributed by atoms with E-state index in [1.54, 1.807) is 6.33 Å². The van der Waals surface area contributed by atoms with E-state index in [1.807, 2.05) is 6.20 Å². The lowest BCUT2D eigenvalue weighted by Crippen LogP contribution is -2.28. The van der Waals surface area contributed by atoms with E-state index in [1.165, 1.54) is 16.4 Å². The highest BCUT2D eigenvalue weighted by molar-refractivity contribution is 5.84. The second-order valence-corrected chi connectivity index (χ2v) is 2.85. The average Bonchev–Trinajstić information content (AvgIpc) is 2.64. The summed E-state index contributed by atoms with van der Waals surface area (Å²) < 4.78 is 0. The summed E-state index contributed by atoms with van der Waals surface area (Å²) in [6.45, 7) is 0. The van der Waals surface area contributed by atoms with Crippen LogP contribution in [0.3, 0.4) is 0 Å². The van der Waals surface area contributed by atoms with E-state index >= 15 is 0 Å². The van der Waals surface area contributed by atoms with Crippen molar-refractivity contribution in [2.24, 2.45) is 0 Å². The summed E-state index contributed by atoms with van der Waals surface area (Å²) >= 11 is 0. The monoisotopic (exact) mass is 142 g/mol. The van der Waals surface area contributed by atoms with E-state index in [0.29, 0.717) is 0 Å². The summed E-state index contributed by atoms with van der Waals surface area (Å²) in [7, 11) is 0. The average molecular weight is 142 g/mol. The summed E-state index contributed by atoms with van der Waals surface area (Å²) in [5.41, 5.74) is 2.72. The van der Waals surface area contributed by atoms with Crippen LogP contribution in [0.2, 0.25) is 0 Å². The highest BCUT2D eigenvalue weighted by atomic mass is 14.8. The van der Waals surface area contributed by atoms with Crippen molar-refractivity contribution < 1.29 is 0 Å². The molecule has 2 heteroatoms. The lowest BCUT2D eigenvalue weighted by Gasteiger charge is -1.88. The number of aromatic nitrogens is 2. The third-order valence-electron chi connectivity index (χ3n) is 2.23. The van der Waals surface area contributed by atoms with Crippen LogP contribution < -0.4 is 10.6 Å². The van der Waals surface area contributed by atoms with Crippen molar-refractivity contribution in [3.05, 3.63) is 35.2 Å². The van der Waals surface area contributed by atoms with Crippen LogP contribution in [0.5, 0.6) is 0 Å². The van der Waals surface area contributed by atoms with Crippen molar-refractivity contribution in [2.75, 3.05) is 0 Å². The Labute approximate surface area is 63.6 Å². The zero-order valence-electron chi connectivity index (χ0n) is 5.91. The molecule has 0 radical (unpaired) electrons. The number of nitrogens with zero attached hydrogens (tertiary/aromatic N) is 2. The molecule has 2 aliphatic carbocycles. The van der Waals surface area contributed by atoms with Crippen molar-refractivity contribution in [2.45, 2.75) is 6.42 Å². The Morgan fingerprint density at radius 1 is 1.18 bits per heavy atom. The van der Waals surface area contributed by atoms with Gasteiger partial charge in [-0.25, -0.2) is 9.97 Å². The van der Waals surface area contributed by atoms with Crippen LogP contribution >= 0.6 is 0 Å². The maximum absolute atomic E-state index is 4.22. The van der Waals surface area contributed by atoms with Gasteiger partial charge in [0.25, 0.3) is 0 Å². The van der Waals surface area contributed by atoms with Crippen LogP contribution in [0.1, 0.15) is 6.42 Å². The molecule has 0 amide bonds. The van der Waals surface area contributed by atoms with Crippen molar-refractivity contribution in [3.63, 3.8) is 0 Å². The molecule has 0 saturated carbocycles. The van der Waals surface area contributed by atoms with E-state index in [-0.39, 0.29) is 0 Å². The number of hydrogen-bond donors (Lipinski definition) is 0. The molecule has 0 aliphatic heterocycles. The topological polar surface area (TPSA) is 25.8 Å². The van der Waals surface area contributed by atoms with Gasteiger partial charge in [-0.1, -0.05) is 12.2 Å². The molecule has 11 heavy (non-hydrogen) atoms. The van der Waals surface area contributed by atoms with Crippen LogP contribution in [0.15, 0.2) is 24.7 Å². The zero-order chi connectivity index (χ0) is 7.26. The molecule has 52 valence electrons. The van der Waals surface area contributed by atoms with E-state index < -0.39 is 0 Å². The van der Waals surface area contributed by atoms with Gasteiger partial charge in [-0.15, -0.1) is 0 Å². The van der Waals surface area contributed by atoms with E-state index in [9.17, 15) is 0 Å². The molecule has 1 aromatic heterocycles. The molecule has 0 fully saturated rings. The van der Waals surface area contributed by atoms with Crippen molar-refractivity contribution in [1.82, 2.24) is 9.97 Å². The highest BCUT2D eigenvalue weighted by Gasteiger charge is 2.15. The lowest BCUT2D eigenvalue weighted by molar-refractivity contribution is 1.10. The molecule has 2 bridgehead atoms. The minimum atomic E-state index is 1.06. The second kappa shape index (κ2) is 1.59. The molecule has 2 aliphatic rings. The fourth-order valence-corrected chi connectivity index (χ4v) is 1.69. The van der Waals surface area contributed by atoms with Gasteiger partial charge in [-0.3, -0.25) is 0 Å². The molecular formula is C9H6N2. The van der Waals surface area contributed by atoms with Crippen LogP contribution in [-0.4, -0.2) is 9.97 Å². The first-order chi connectivity index (χ1) is 5.45. The predicted molar refractivity (Wildman–Crippen MR) is 41.9 cm³/mol. The highest BCUT2D eigenvalue weighted by Crippen LogP contribution is 2.23. The Bertz CT molecular complexity index is 426. The Morgan fingerprint density at radius 2 is 2.09 bits per heavy atom. The van der Waals surface area contributed by atoms with Gasteiger partial charge in [-0.05, 0) is 11.1 Å². The zero-order valence-corrected chi connectivity index (χ0v) is 5.91. The summed E-state index contributed by atoms with van der Waals surface area (Å²) in [6.07, 6.45) is 8.87. The van der Waals surface area contributed by atoms with Crippen LogP contribution in [0.25, 0.3) is 11.1 Å². The molecule has 1 aromatic rings. The molecule has 0 N–H and O–H groups in total. The van der Waals surface area contributed by atoms with Crippen molar-refractivity contribution in [1.29, 1.82) is 0 Å². The third kappa shape index (κ3) is 0.522. The van der Waals surface area contributed by atoms with Gasteiger partial charge in [0.15, 0.2) is 0 Å². The second-order valence-electron chi connectivity index (χ2n) is 2.85. The predicted octanol–water partition coefficient (Wildman–Crippen LogP) is -0.249. The molecular weight excluding hydrogens is 136 g/mol. The van der Waals surface area contributed by atoms with E-state index in [2.05, 4.69) is 22.1 Å². The smallest absolute Gasteiger partial charge is 0.116 e. The fraction of sp³-hybridized carbons (Fsp3) is 0.111. The standard InChI is InChI=1S/C9H6N2/c1-2-7-3-6(1)8-4-10-5-11-9(7)8/h1-2,4-5H,3H2. The molecule has 2 nitrogen and oxygen atoms in total. The first-order valence-electron chi connectivity index (χ1n) is 3.65. The van der Waals surface area contributed by atoms with E-state index in [4.69, 9.17) is 0 Å². The first kappa shape index (κ1) is 5.24. The van der Waals surface area contributed by atoms with Crippen LogP contribution in [0, 0.1) is 0 Å². The number of hydrogen-bond acceptors (Lipinski definition) is 2. The number of rotatable bonds is 0. The van der Waals surface area contributed by atoms with Crippen LogP contribution in [0.4, 0.5) is 0 Å². The molecule has 0 aromatic carbocycles. The van der Waals surface area contributed by atoms with Gasteiger partial charge in [0, 0.05) is 17.8 Å². The summed E-state index contributed by atoms with van der Waals surface area (Å²) in [5, 5.41) is 2.36. The van der Waals surface area contributed by atoms with Gasteiger partial charge in [-0.2, -0.15) is 0 Å². The summed E-state index contributed by atoms with van der Waals surface area (Å²) in [4.78, 5) is 8.22. The molecule has 0 atom stereocenters. The maximum Gasteiger partial charge on any atom is 0.116 e. The van der Waals surface area contributed by atoms with Crippen molar-refractivity contribution in [3.8, 4) is 0 Å². The SMILES string of the molecule is C1=CC2=c3ncncc3=C1C2. The van der Waals surface area contributed by atoms with Crippen LogP contribution in [-0.2, 0) is 0 Å². The number of fused-ring (bicyclic) bond motifs is 3. The van der Waals surface area contributed by atoms with Gasteiger partial charge < -0.3 is 0 Å². The van der Waals surface area contributed by atoms with Gasteiger partial charge in [0.2, 0.25) is 0 Å². The molecule has 0 spiro atoms. The minimum absolute atomic E-state index is 1.06. The Hall–Kier alpha value is -1.44. The lowest BCUT2D eigenvalue weighted by atomic mass is 10.2. The maximum atomic E-state index is 4.22. The largest absolute Gasteiger partial charge is 0.244 e. The quantitative estimate of drug-likeness (QED) is 0.499. The molecule has 0 unspecified atom stereocenters. The molecule has 1 heterocycles. The summed E-state index contributed by atoms with van der Waals surface area (Å²) in [6, 6.07) is 0. The Morgan fingerprint density at radius 3 is 3.00 bits per heavy atom. The normalized spacial score (nSPS) is 17.8. The van der Waals surface area contributed by atoms with Gasteiger partial charge in [0.05, 0.1) is 5.35 Å². The van der Waals surface area contributed by atoms with Crippen molar-refractivity contribution >= 4 is 11.1 Å². The summed E-state index contributed by atoms with van der Waals surface area (Å²) in [5.74, 6) is 0. The molecule has 0 saturated heterocycles. The Kier molecular flexibility index (Phi) is 0.756. The fourth-order valence-electron chi connectivity index (χ4n) is 1.69.